The third-order valence-electron chi connectivity index (χ3n) is 5.97. The normalized spacial score (nSPS) is 13.4. The van der Waals surface area contributed by atoms with Crippen molar-refractivity contribution in [3.05, 3.63) is 0 Å². The summed E-state index contributed by atoms with van der Waals surface area (Å²) in [6.45, 7) is 7.97. The van der Waals surface area contributed by atoms with Gasteiger partial charge in [0.25, 0.3) is 0 Å². The number of hydrogen-bond acceptors (Lipinski definition) is 3. The Morgan fingerprint density at radius 2 is 1.06 bits per heavy atom. The lowest BCUT2D eigenvalue weighted by Gasteiger charge is -2.17. The molecule has 1 N–H and O–H groups in total. The summed E-state index contributed by atoms with van der Waals surface area (Å²) in [4.78, 5) is 10.4. The zero-order valence-corrected chi connectivity index (χ0v) is 21.2. The molecule has 0 aromatic carbocycles. The average Bonchev–Trinajstić information content (AvgIpc) is 2.75. The van der Waals surface area contributed by atoms with Crippen LogP contribution in [0, 0.1) is 0 Å². The predicted octanol–water partition coefficient (Wildman–Crippen LogP) is 8.31. The van der Waals surface area contributed by atoms with Crippen molar-refractivity contribution in [3.8, 4) is 0 Å². The molecule has 0 saturated carbocycles. The summed E-state index contributed by atoms with van der Waals surface area (Å²) in [6, 6.07) is 0. The monoisotopic (exact) mass is 442 g/mol. The van der Waals surface area contributed by atoms with Crippen LogP contribution in [0.3, 0.4) is 0 Å². The lowest BCUT2D eigenvalue weighted by molar-refractivity contribution is -0.137. The van der Waals surface area contributed by atoms with Gasteiger partial charge in [-0.15, -0.1) is 0 Å². The molecule has 31 heavy (non-hydrogen) atoms. The molecule has 186 valence electrons. The van der Waals surface area contributed by atoms with E-state index in [2.05, 4.69) is 20.8 Å². The van der Waals surface area contributed by atoms with E-state index in [1.807, 2.05) is 0 Å². The molecule has 0 amide bonds. The molecule has 0 aliphatic rings. The highest BCUT2D eigenvalue weighted by molar-refractivity contribution is 5.66. The predicted molar refractivity (Wildman–Crippen MR) is 132 cm³/mol. The van der Waals surface area contributed by atoms with E-state index in [-0.39, 0.29) is 6.10 Å². The third-order valence-corrected chi connectivity index (χ3v) is 5.97. The molecule has 0 spiro atoms. The van der Waals surface area contributed by atoms with Gasteiger partial charge < -0.3 is 14.6 Å². The van der Waals surface area contributed by atoms with Gasteiger partial charge >= 0.3 is 5.97 Å². The fourth-order valence-corrected chi connectivity index (χ4v) is 3.93. The summed E-state index contributed by atoms with van der Waals surface area (Å²) < 4.78 is 11.5. The molecule has 0 aromatic rings. The first-order valence-electron chi connectivity index (χ1n) is 13.5. The Kier molecular flexibility index (Phi) is 23.6. The molecule has 0 radical (unpaired) electrons. The van der Waals surface area contributed by atoms with Crippen LogP contribution in [0.5, 0.6) is 0 Å². The molecule has 2 atom stereocenters. The number of aliphatic carboxylic acids is 1. The van der Waals surface area contributed by atoms with E-state index < -0.39 is 5.97 Å². The summed E-state index contributed by atoms with van der Waals surface area (Å²) in [7, 11) is 0. The summed E-state index contributed by atoms with van der Waals surface area (Å²) >= 11 is 0. The van der Waals surface area contributed by atoms with E-state index in [1.165, 1.54) is 96.3 Å². The fraction of sp³-hybridized carbons (Fsp3) is 0.963. The first-order valence-corrected chi connectivity index (χ1v) is 13.5. The maximum Gasteiger partial charge on any atom is 0.303 e. The van der Waals surface area contributed by atoms with Crippen LogP contribution < -0.4 is 0 Å². The summed E-state index contributed by atoms with van der Waals surface area (Å²) in [6.07, 6.45) is 23.9. The number of carbonyl (C=O) groups is 1. The standard InChI is InChI=1S/C27H54O4/c1-4-23-30-26(3)24-31-25(2)21-19-17-15-13-11-9-7-5-6-8-10-12-14-16-18-20-22-27(28)29/h25-26H,4-24H2,1-3H3,(H,28,29). The second-order valence-electron chi connectivity index (χ2n) is 9.41. The van der Waals surface area contributed by atoms with Crippen molar-refractivity contribution >= 4 is 5.97 Å². The number of carboxylic acid groups (broad SMARTS) is 1. The number of ether oxygens (including phenoxy) is 2. The van der Waals surface area contributed by atoms with Crippen molar-refractivity contribution in [1.29, 1.82) is 0 Å². The van der Waals surface area contributed by atoms with Gasteiger partial charge in [-0.05, 0) is 33.1 Å². The van der Waals surface area contributed by atoms with Gasteiger partial charge in [-0.2, -0.15) is 0 Å². The molecule has 0 saturated heterocycles. The lowest BCUT2D eigenvalue weighted by Crippen LogP contribution is -2.20. The molecule has 0 aromatic heterocycles. The molecule has 0 bridgehead atoms. The van der Waals surface area contributed by atoms with Gasteiger partial charge in [0.05, 0.1) is 18.8 Å². The van der Waals surface area contributed by atoms with Gasteiger partial charge in [-0.3, -0.25) is 4.79 Å². The van der Waals surface area contributed by atoms with E-state index in [0.29, 0.717) is 12.5 Å². The first-order chi connectivity index (χ1) is 15.1. The molecule has 0 heterocycles. The minimum atomic E-state index is -0.658. The van der Waals surface area contributed by atoms with Crippen molar-refractivity contribution in [1.82, 2.24) is 0 Å². The Labute approximate surface area is 193 Å². The second kappa shape index (κ2) is 24.0. The van der Waals surface area contributed by atoms with Crippen LogP contribution in [0.1, 0.15) is 143 Å². The lowest BCUT2D eigenvalue weighted by atomic mass is 10.0. The Hall–Kier alpha value is -0.610. The Balaban J connectivity index is 3.17. The van der Waals surface area contributed by atoms with Crippen LogP contribution in [-0.2, 0) is 14.3 Å². The van der Waals surface area contributed by atoms with Crippen molar-refractivity contribution < 1.29 is 19.4 Å². The number of hydrogen-bond donors (Lipinski definition) is 1. The van der Waals surface area contributed by atoms with Crippen molar-refractivity contribution in [3.63, 3.8) is 0 Å². The van der Waals surface area contributed by atoms with Gasteiger partial charge in [-0.1, -0.05) is 103 Å². The molecular weight excluding hydrogens is 388 g/mol. The topological polar surface area (TPSA) is 55.8 Å². The van der Waals surface area contributed by atoms with Crippen LogP contribution in [0.25, 0.3) is 0 Å². The molecular formula is C27H54O4. The van der Waals surface area contributed by atoms with Crippen LogP contribution in [0.15, 0.2) is 0 Å². The van der Waals surface area contributed by atoms with Gasteiger partial charge in [-0.25, -0.2) is 0 Å². The van der Waals surface area contributed by atoms with E-state index in [4.69, 9.17) is 14.6 Å². The quantitative estimate of drug-likeness (QED) is 0.144. The highest BCUT2D eigenvalue weighted by Crippen LogP contribution is 2.15. The maximum absolute atomic E-state index is 10.4. The van der Waals surface area contributed by atoms with Gasteiger partial charge in [0, 0.05) is 13.0 Å². The molecule has 2 unspecified atom stereocenters. The van der Waals surface area contributed by atoms with E-state index in [0.717, 1.165) is 32.5 Å². The highest BCUT2D eigenvalue weighted by Gasteiger charge is 2.06. The number of rotatable bonds is 25. The van der Waals surface area contributed by atoms with Crippen LogP contribution in [-0.4, -0.2) is 36.5 Å². The first kappa shape index (κ1) is 30.4. The molecule has 0 aliphatic carbocycles. The van der Waals surface area contributed by atoms with Crippen LogP contribution in [0.4, 0.5) is 0 Å². The van der Waals surface area contributed by atoms with Crippen molar-refractivity contribution in [2.24, 2.45) is 0 Å². The maximum atomic E-state index is 10.4. The number of carboxylic acids is 1. The zero-order chi connectivity index (χ0) is 23.0. The SMILES string of the molecule is CCCOC(C)COC(C)CCCCCCCCCCCCCCCCCCC(=O)O. The molecule has 0 aliphatic heterocycles. The Morgan fingerprint density at radius 3 is 1.48 bits per heavy atom. The Bertz CT molecular complexity index is 372. The van der Waals surface area contributed by atoms with E-state index >= 15 is 0 Å². The van der Waals surface area contributed by atoms with Gasteiger partial charge in [0.15, 0.2) is 0 Å². The average molecular weight is 443 g/mol. The van der Waals surface area contributed by atoms with Crippen molar-refractivity contribution in [2.45, 2.75) is 155 Å². The zero-order valence-electron chi connectivity index (χ0n) is 21.2. The third kappa shape index (κ3) is 25.5. The van der Waals surface area contributed by atoms with Crippen LogP contribution >= 0.6 is 0 Å². The van der Waals surface area contributed by atoms with E-state index in [9.17, 15) is 4.79 Å². The summed E-state index contributed by atoms with van der Waals surface area (Å²) in [5.41, 5.74) is 0. The summed E-state index contributed by atoms with van der Waals surface area (Å²) in [5.74, 6) is -0.658. The smallest absolute Gasteiger partial charge is 0.303 e. The van der Waals surface area contributed by atoms with Crippen LogP contribution in [0.2, 0.25) is 0 Å². The molecule has 4 heteroatoms. The van der Waals surface area contributed by atoms with Crippen molar-refractivity contribution in [2.75, 3.05) is 13.2 Å². The molecule has 0 fully saturated rings. The fourth-order valence-electron chi connectivity index (χ4n) is 3.93. The highest BCUT2D eigenvalue weighted by atomic mass is 16.5. The van der Waals surface area contributed by atoms with E-state index in [1.54, 1.807) is 0 Å². The minimum Gasteiger partial charge on any atom is -0.481 e. The Morgan fingerprint density at radius 1 is 0.645 bits per heavy atom. The van der Waals surface area contributed by atoms with Gasteiger partial charge in [0.2, 0.25) is 0 Å². The molecule has 0 rings (SSSR count). The summed E-state index contributed by atoms with van der Waals surface area (Å²) in [5, 5.41) is 8.60. The number of unbranched alkanes of at least 4 members (excludes halogenated alkanes) is 15. The second-order valence-corrected chi connectivity index (χ2v) is 9.41. The minimum absolute atomic E-state index is 0.212. The van der Waals surface area contributed by atoms with Gasteiger partial charge in [0.1, 0.15) is 0 Å². The largest absolute Gasteiger partial charge is 0.481 e. The molecule has 4 nitrogen and oxygen atoms in total.